The molecule has 122 valence electrons. The van der Waals surface area contributed by atoms with Crippen LogP contribution in [0, 0.1) is 40.3 Å². The van der Waals surface area contributed by atoms with Gasteiger partial charge in [-0.15, -0.1) is 0 Å². The van der Waals surface area contributed by atoms with Crippen LogP contribution in [0.25, 0.3) is 0 Å². The Morgan fingerprint density at radius 3 is 2.88 bits per heavy atom. The normalized spacial score (nSPS) is 17.5. The highest BCUT2D eigenvalue weighted by Crippen LogP contribution is 2.09. The van der Waals surface area contributed by atoms with Gasteiger partial charge in [0.25, 0.3) is 0 Å². The van der Waals surface area contributed by atoms with Gasteiger partial charge in [-0.25, -0.2) is 4.39 Å². The Morgan fingerprint density at radius 1 is 1.42 bits per heavy atom. The smallest absolute Gasteiger partial charge is 0.238 e. The fourth-order valence-electron chi connectivity index (χ4n) is 2.42. The molecule has 1 saturated heterocycles. The van der Waals surface area contributed by atoms with Gasteiger partial charge in [-0.05, 0) is 37.6 Å². The molecule has 0 saturated carbocycles. The van der Waals surface area contributed by atoms with Crippen molar-refractivity contribution in [1.29, 1.82) is 10.5 Å². The van der Waals surface area contributed by atoms with Crippen molar-refractivity contribution in [2.24, 2.45) is 0 Å². The van der Waals surface area contributed by atoms with E-state index in [9.17, 15) is 9.18 Å². The van der Waals surface area contributed by atoms with Gasteiger partial charge in [0, 0.05) is 12.0 Å². The van der Waals surface area contributed by atoms with Gasteiger partial charge in [-0.1, -0.05) is 18.3 Å². The maximum Gasteiger partial charge on any atom is 0.238 e. The Kier molecular flexibility index (Phi) is 6.32. The molecule has 1 fully saturated rings. The number of hydrogen-bond acceptors (Lipinski definition) is 4. The molecule has 0 spiro atoms. The zero-order valence-corrected chi connectivity index (χ0v) is 13.1. The largest absolute Gasteiger partial charge is 0.338 e. The quantitative estimate of drug-likeness (QED) is 0.826. The number of piperidine rings is 1. The van der Waals surface area contributed by atoms with Crippen LogP contribution in [-0.2, 0) is 4.79 Å². The van der Waals surface area contributed by atoms with Gasteiger partial charge < -0.3 is 10.6 Å². The molecule has 0 unspecified atom stereocenters. The van der Waals surface area contributed by atoms with Gasteiger partial charge in [0.05, 0.1) is 17.7 Å². The van der Waals surface area contributed by atoms with Crippen LogP contribution in [0.15, 0.2) is 18.2 Å². The molecular weight excluding hydrogens is 307 g/mol. The number of nitrogens with one attached hydrogen (secondary N) is 2. The molecule has 1 aliphatic heterocycles. The minimum Gasteiger partial charge on any atom is -0.338 e. The van der Waals surface area contributed by atoms with E-state index in [4.69, 9.17) is 10.5 Å². The molecule has 6 heteroatoms. The molecule has 1 aliphatic rings. The summed E-state index contributed by atoms with van der Waals surface area (Å²) in [5.41, 5.74) is 0.381. The van der Waals surface area contributed by atoms with E-state index in [1.807, 2.05) is 6.07 Å². The van der Waals surface area contributed by atoms with E-state index in [0.29, 0.717) is 5.56 Å². The van der Waals surface area contributed by atoms with Crippen LogP contribution in [0.5, 0.6) is 0 Å². The van der Waals surface area contributed by atoms with E-state index in [1.54, 1.807) is 12.1 Å². The molecule has 0 bridgehead atoms. The molecule has 0 radical (unpaired) electrons. The number of carbonyl (C=O) groups excluding carboxylic acids is 1. The lowest BCUT2D eigenvalue weighted by Gasteiger charge is -2.23. The highest BCUT2D eigenvalue weighted by Gasteiger charge is 2.22. The van der Waals surface area contributed by atoms with Crippen molar-refractivity contribution in [1.82, 2.24) is 10.6 Å². The average Bonchev–Trinajstić information content (AvgIpc) is 2.61. The number of halogens is 1. The monoisotopic (exact) mass is 324 g/mol. The highest BCUT2D eigenvalue weighted by atomic mass is 19.1. The van der Waals surface area contributed by atoms with Crippen molar-refractivity contribution < 1.29 is 9.18 Å². The predicted molar refractivity (Wildman–Crippen MR) is 85.8 cm³/mol. The van der Waals surface area contributed by atoms with Crippen LogP contribution in [0.1, 0.15) is 36.8 Å². The van der Waals surface area contributed by atoms with E-state index in [2.05, 4.69) is 22.5 Å². The standard InChI is InChI=1S/C18H17FN4O/c19-16-10-13(7-8-14(16)11-20)4-3-5-15(12-21)23-18(24)17-6-1-2-9-22-17/h7-8,10,15,17,22H,1-2,5-6,9H2,(H,23,24)/t15-,17+/m0/s1. The summed E-state index contributed by atoms with van der Waals surface area (Å²) < 4.78 is 13.5. The summed E-state index contributed by atoms with van der Waals surface area (Å²) in [4.78, 5) is 12.1. The van der Waals surface area contributed by atoms with E-state index >= 15 is 0 Å². The van der Waals surface area contributed by atoms with Gasteiger partial charge in [0.1, 0.15) is 17.9 Å². The third-order valence-corrected chi connectivity index (χ3v) is 3.73. The third-order valence-electron chi connectivity index (χ3n) is 3.73. The Balaban J connectivity index is 1.92. The minimum absolute atomic E-state index is 0.0392. The van der Waals surface area contributed by atoms with E-state index in [-0.39, 0.29) is 23.9 Å². The second-order valence-corrected chi connectivity index (χ2v) is 5.51. The summed E-state index contributed by atoms with van der Waals surface area (Å²) >= 11 is 0. The SMILES string of the molecule is N#Cc1ccc(C#CC[C@@H](C#N)NC(=O)[C@H]2CCCCN2)cc1F. The van der Waals surface area contributed by atoms with Gasteiger partial charge in [0.2, 0.25) is 5.91 Å². The van der Waals surface area contributed by atoms with Crippen molar-refractivity contribution >= 4 is 5.91 Å². The zero-order chi connectivity index (χ0) is 17.4. The van der Waals surface area contributed by atoms with Crippen molar-refractivity contribution in [3.8, 4) is 24.0 Å². The first kappa shape index (κ1) is 17.5. The molecule has 5 nitrogen and oxygen atoms in total. The maximum absolute atomic E-state index is 13.5. The number of rotatable bonds is 3. The molecule has 2 atom stereocenters. The Labute approximate surface area is 140 Å². The van der Waals surface area contributed by atoms with E-state index < -0.39 is 11.9 Å². The third kappa shape index (κ3) is 4.81. The Bertz CT molecular complexity index is 745. The number of carbonyl (C=O) groups is 1. The Morgan fingerprint density at radius 2 is 2.25 bits per heavy atom. The first-order valence-electron chi connectivity index (χ1n) is 7.76. The number of benzene rings is 1. The average molecular weight is 324 g/mol. The van der Waals surface area contributed by atoms with Crippen LogP contribution in [0.3, 0.4) is 0 Å². The zero-order valence-electron chi connectivity index (χ0n) is 13.1. The minimum atomic E-state index is -0.711. The summed E-state index contributed by atoms with van der Waals surface area (Å²) in [6.07, 6.45) is 2.96. The molecule has 1 aromatic carbocycles. The molecular formula is C18H17FN4O. The maximum atomic E-state index is 13.5. The lowest BCUT2D eigenvalue weighted by Crippen LogP contribution is -2.49. The van der Waals surface area contributed by atoms with Crippen molar-refractivity contribution in [3.05, 3.63) is 35.1 Å². The fraction of sp³-hybridized carbons (Fsp3) is 0.389. The van der Waals surface area contributed by atoms with Gasteiger partial charge in [-0.2, -0.15) is 10.5 Å². The first-order valence-corrected chi connectivity index (χ1v) is 7.76. The summed E-state index contributed by atoms with van der Waals surface area (Å²) in [5.74, 6) is 4.69. The van der Waals surface area contributed by atoms with Gasteiger partial charge in [0.15, 0.2) is 0 Å². The van der Waals surface area contributed by atoms with Crippen molar-refractivity contribution in [3.63, 3.8) is 0 Å². The molecule has 0 aliphatic carbocycles. The fourth-order valence-corrected chi connectivity index (χ4v) is 2.42. The molecule has 2 N–H and O–H groups in total. The molecule has 24 heavy (non-hydrogen) atoms. The van der Waals surface area contributed by atoms with Gasteiger partial charge in [-0.3, -0.25) is 4.79 Å². The molecule has 2 rings (SSSR count). The van der Waals surface area contributed by atoms with Crippen LogP contribution in [0.4, 0.5) is 4.39 Å². The molecule has 0 aromatic heterocycles. The summed E-state index contributed by atoms with van der Waals surface area (Å²) in [6.45, 7) is 0.805. The molecule has 1 aromatic rings. The van der Waals surface area contributed by atoms with Crippen molar-refractivity contribution in [2.75, 3.05) is 6.54 Å². The number of nitrogens with zero attached hydrogens (tertiary/aromatic N) is 2. The van der Waals surface area contributed by atoms with E-state index in [0.717, 1.165) is 25.8 Å². The first-order chi connectivity index (χ1) is 11.6. The Hall–Kier alpha value is -2.88. The second kappa shape index (κ2) is 8.67. The van der Waals surface area contributed by atoms with Crippen LogP contribution in [0.2, 0.25) is 0 Å². The topological polar surface area (TPSA) is 88.7 Å². The number of amides is 1. The number of hydrogen-bond donors (Lipinski definition) is 2. The lowest BCUT2D eigenvalue weighted by atomic mass is 10.0. The summed E-state index contributed by atoms with van der Waals surface area (Å²) in [7, 11) is 0. The number of nitriles is 2. The van der Waals surface area contributed by atoms with Crippen LogP contribution < -0.4 is 10.6 Å². The highest BCUT2D eigenvalue weighted by molar-refractivity contribution is 5.82. The van der Waals surface area contributed by atoms with Crippen molar-refractivity contribution in [2.45, 2.75) is 37.8 Å². The molecule has 1 heterocycles. The van der Waals surface area contributed by atoms with Crippen LogP contribution in [-0.4, -0.2) is 24.5 Å². The predicted octanol–water partition coefficient (Wildman–Crippen LogP) is 1.59. The van der Waals surface area contributed by atoms with Crippen LogP contribution >= 0.6 is 0 Å². The summed E-state index contributed by atoms with van der Waals surface area (Å²) in [6, 6.07) is 6.86. The van der Waals surface area contributed by atoms with Gasteiger partial charge >= 0.3 is 0 Å². The molecule has 1 amide bonds. The summed E-state index contributed by atoms with van der Waals surface area (Å²) in [5, 5.41) is 23.6. The van der Waals surface area contributed by atoms with E-state index in [1.165, 1.54) is 12.1 Å². The lowest BCUT2D eigenvalue weighted by molar-refractivity contribution is -0.124. The second-order valence-electron chi connectivity index (χ2n) is 5.51.